The van der Waals surface area contributed by atoms with Gasteiger partial charge in [0.2, 0.25) is 0 Å². The van der Waals surface area contributed by atoms with Crippen molar-refractivity contribution in [3.05, 3.63) is 78.4 Å². The van der Waals surface area contributed by atoms with Gasteiger partial charge in [-0.15, -0.1) is 0 Å². The van der Waals surface area contributed by atoms with Gasteiger partial charge in [0.05, 0.1) is 12.1 Å². The smallest absolute Gasteiger partial charge is 0.407 e. The highest BCUT2D eigenvalue weighted by molar-refractivity contribution is 5.92. The van der Waals surface area contributed by atoms with Crippen LogP contribution in [0, 0.1) is 0 Å². The van der Waals surface area contributed by atoms with Crippen molar-refractivity contribution in [2.75, 3.05) is 25.4 Å². The van der Waals surface area contributed by atoms with E-state index in [9.17, 15) is 9.90 Å². The molecule has 40 heavy (non-hydrogen) atoms. The summed E-state index contributed by atoms with van der Waals surface area (Å²) in [6, 6.07) is 19.4. The van der Waals surface area contributed by atoms with Gasteiger partial charge in [0.1, 0.15) is 11.8 Å². The molecule has 5 heterocycles. The van der Waals surface area contributed by atoms with Crippen LogP contribution in [0.15, 0.2) is 67.1 Å². The second-order valence-electron chi connectivity index (χ2n) is 11.0. The Balaban J connectivity index is 1.08. The Morgan fingerprint density at radius 1 is 1.05 bits per heavy atom. The number of unbranched alkanes of at least 4 members (excludes halogenated alkanes) is 1. The first-order valence-electron chi connectivity index (χ1n) is 13.9. The molecule has 0 aliphatic carbocycles. The fourth-order valence-electron chi connectivity index (χ4n) is 6.50. The lowest BCUT2D eigenvalue weighted by atomic mass is 10.0. The molecule has 3 N–H and O–H groups in total. The molecule has 2 saturated heterocycles. The first-order chi connectivity index (χ1) is 19.5. The van der Waals surface area contributed by atoms with E-state index in [1.165, 1.54) is 11.9 Å². The van der Waals surface area contributed by atoms with Gasteiger partial charge in [0, 0.05) is 48.0 Å². The number of benzene rings is 2. The maximum atomic E-state index is 11.4. The number of amides is 1. The monoisotopic (exact) mass is 536 g/mol. The molecule has 2 fully saturated rings. The van der Waals surface area contributed by atoms with E-state index >= 15 is 0 Å². The van der Waals surface area contributed by atoms with Crippen LogP contribution in [0.2, 0.25) is 0 Å². The second kappa shape index (κ2) is 9.95. The van der Waals surface area contributed by atoms with E-state index in [0.29, 0.717) is 18.4 Å². The first-order valence-corrected chi connectivity index (χ1v) is 13.9. The molecule has 2 bridgehead atoms. The zero-order valence-electron chi connectivity index (χ0n) is 22.2. The van der Waals surface area contributed by atoms with Crippen LogP contribution in [0.1, 0.15) is 30.5 Å². The van der Waals surface area contributed by atoms with Gasteiger partial charge in [0.25, 0.3) is 0 Å². The topological polar surface area (TPSA) is 118 Å². The van der Waals surface area contributed by atoms with E-state index in [0.717, 1.165) is 78.6 Å². The largest absolute Gasteiger partial charge is 0.465 e. The molecule has 2 aliphatic rings. The number of piperazine rings is 1. The number of nitrogens with two attached hydrogens (primary N) is 1. The van der Waals surface area contributed by atoms with E-state index in [1.807, 2.05) is 27.4 Å². The molecule has 1 amide bonds. The van der Waals surface area contributed by atoms with Crippen molar-refractivity contribution < 1.29 is 9.90 Å². The lowest BCUT2D eigenvalue weighted by molar-refractivity contribution is 0.102. The number of nitrogens with zero attached hydrogens (tertiary/aromatic N) is 7. The number of carboxylic acid groups (broad SMARTS) is 1. The summed E-state index contributed by atoms with van der Waals surface area (Å²) in [5, 5.41) is 19.8. The summed E-state index contributed by atoms with van der Waals surface area (Å²) in [5.74, 6) is 0.460. The van der Waals surface area contributed by atoms with Crippen molar-refractivity contribution >= 4 is 28.3 Å². The van der Waals surface area contributed by atoms with Crippen molar-refractivity contribution in [1.82, 2.24) is 34.2 Å². The summed E-state index contributed by atoms with van der Waals surface area (Å²) in [5.41, 5.74) is 12.5. The fraction of sp³-hybridized carbons (Fsp3) is 0.333. The molecule has 0 spiro atoms. The summed E-state index contributed by atoms with van der Waals surface area (Å²) < 4.78 is 3.91. The van der Waals surface area contributed by atoms with Crippen molar-refractivity contribution in [2.24, 2.45) is 0 Å². The molecule has 7 rings (SSSR count). The Morgan fingerprint density at radius 2 is 1.93 bits per heavy atom. The fourth-order valence-corrected chi connectivity index (χ4v) is 6.50. The van der Waals surface area contributed by atoms with Gasteiger partial charge in [-0.2, -0.15) is 10.2 Å². The average molecular weight is 537 g/mol. The Bertz CT molecular complexity index is 1690. The number of hydrogen-bond acceptors (Lipinski definition) is 6. The lowest BCUT2D eigenvalue weighted by Gasteiger charge is -2.32. The second-order valence-corrected chi connectivity index (χ2v) is 11.0. The zero-order valence-corrected chi connectivity index (χ0v) is 22.2. The number of carbonyl (C=O) groups is 1. The van der Waals surface area contributed by atoms with E-state index in [2.05, 4.69) is 57.6 Å². The number of aromatic nitrogens is 5. The molecule has 10 heteroatoms. The molecule has 10 nitrogen and oxygen atoms in total. The van der Waals surface area contributed by atoms with Crippen LogP contribution in [0.3, 0.4) is 0 Å². The number of rotatable bonds is 8. The van der Waals surface area contributed by atoms with Crippen LogP contribution in [-0.2, 0) is 13.0 Å². The number of fused-ring (bicyclic) bond motifs is 4. The molecular weight excluding hydrogens is 504 g/mol. The van der Waals surface area contributed by atoms with E-state index < -0.39 is 6.09 Å². The maximum Gasteiger partial charge on any atom is 0.407 e. The highest BCUT2D eigenvalue weighted by Gasteiger charge is 2.44. The average Bonchev–Trinajstić information content (AvgIpc) is 3.73. The van der Waals surface area contributed by atoms with Crippen molar-refractivity contribution in [3.8, 4) is 11.1 Å². The Hall–Kier alpha value is -4.44. The Labute approximate surface area is 231 Å². The highest BCUT2D eigenvalue weighted by Crippen LogP contribution is 2.33. The van der Waals surface area contributed by atoms with Gasteiger partial charge in [-0.3, -0.25) is 9.58 Å². The Morgan fingerprint density at radius 3 is 2.73 bits per heavy atom. The van der Waals surface area contributed by atoms with Gasteiger partial charge >= 0.3 is 6.09 Å². The number of hydrogen-bond donors (Lipinski definition) is 2. The summed E-state index contributed by atoms with van der Waals surface area (Å²) in [4.78, 5) is 19.7. The molecule has 2 aromatic carbocycles. The van der Waals surface area contributed by atoms with Crippen molar-refractivity contribution in [1.29, 1.82) is 0 Å². The van der Waals surface area contributed by atoms with Gasteiger partial charge < -0.3 is 15.7 Å². The molecule has 2 atom stereocenters. The van der Waals surface area contributed by atoms with Crippen LogP contribution in [0.5, 0.6) is 0 Å². The van der Waals surface area contributed by atoms with Crippen LogP contribution >= 0.6 is 0 Å². The summed E-state index contributed by atoms with van der Waals surface area (Å²) in [7, 11) is 0. The van der Waals surface area contributed by atoms with E-state index in [1.54, 1.807) is 4.90 Å². The lowest BCUT2D eigenvalue weighted by Crippen LogP contribution is -2.48. The standard InChI is InChI=1S/C30H32N8O2/c31-29-28-26(21-9-10-22-16-36(34-27(22)12-21)15-20-6-2-1-3-7-20)14-23(38(28)33-19-32-29)8-4-5-11-35-17-25-13-24(35)18-37(25)30(39)40/h1-3,6-7,9-10,12,14,16,19,24-25H,4-5,8,11,13,15,17-18H2,(H,39,40)(H2,31,32,33)/t24-,25-/m0/s1. The summed E-state index contributed by atoms with van der Waals surface area (Å²) >= 11 is 0. The Kier molecular flexibility index (Phi) is 6.11. The third-order valence-corrected chi connectivity index (χ3v) is 8.44. The molecule has 0 unspecified atom stereocenters. The van der Waals surface area contributed by atoms with Crippen molar-refractivity contribution in [3.63, 3.8) is 0 Å². The molecule has 0 radical (unpaired) electrons. The number of nitrogen functional groups attached to an aromatic ring is 1. The van der Waals surface area contributed by atoms with Gasteiger partial charge in [-0.25, -0.2) is 14.3 Å². The van der Waals surface area contributed by atoms with Gasteiger partial charge in [-0.1, -0.05) is 42.5 Å². The molecule has 204 valence electrons. The minimum absolute atomic E-state index is 0.154. The van der Waals surface area contributed by atoms with Gasteiger partial charge in [0.15, 0.2) is 5.82 Å². The third-order valence-electron chi connectivity index (χ3n) is 8.44. The minimum Gasteiger partial charge on any atom is -0.465 e. The predicted octanol–water partition coefficient (Wildman–Crippen LogP) is 4.14. The quantitative estimate of drug-likeness (QED) is 0.286. The number of anilines is 1. The molecule has 0 saturated carbocycles. The van der Waals surface area contributed by atoms with Crippen LogP contribution in [0.4, 0.5) is 10.6 Å². The van der Waals surface area contributed by atoms with Gasteiger partial charge in [-0.05, 0) is 55.5 Å². The molecule has 5 aromatic rings. The third kappa shape index (κ3) is 4.44. The predicted molar refractivity (Wildman–Crippen MR) is 153 cm³/mol. The van der Waals surface area contributed by atoms with Crippen LogP contribution < -0.4 is 5.73 Å². The normalized spacial score (nSPS) is 18.9. The van der Waals surface area contributed by atoms with E-state index in [-0.39, 0.29) is 6.04 Å². The first kappa shape index (κ1) is 24.6. The maximum absolute atomic E-state index is 11.4. The number of aryl methyl sites for hydroxylation is 1. The van der Waals surface area contributed by atoms with E-state index in [4.69, 9.17) is 10.8 Å². The summed E-state index contributed by atoms with van der Waals surface area (Å²) in [6.07, 6.45) is 6.69. The van der Waals surface area contributed by atoms with Crippen molar-refractivity contribution in [2.45, 2.75) is 44.3 Å². The minimum atomic E-state index is -0.788. The molecule has 2 aliphatic heterocycles. The number of likely N-dealkylation sites (tertiary alicyclic amines) is 2. The zero-order chi connectivity index (χ0) is 27.2. The molecular formula is C30H32N8O2. The molecule has 3 aromatic heterocycles. The van der Waals surface area contributed by atoms with Crippen LogP contribution in [0.25, 0.3) is 27.5 Å². The highest BCUT2D eigenvalue weighted by atomic mass is 16.4. The summed E-state index contributed by atoms with van der Waals surface area (Å²) in [6.45, 7) is 3.20. The SMILES string of the molecule is Nc1ncnn2c(CCCCN3C[C@@H]4C[C@H]3CN4C(=O)O)cc(-c3ccc4cn(Cc5ccccc5)nc4c3)c12. The van der Waals surface area contributed by atoms with Crippen LogP contribution in [-0.4, -0.2) is 77.1 Å².